The van der Waals surface area contributed by atoms with Crippen molar-refractivity contribution in [2.75, 3.05) is 5.43 Å². The van der Waals surface area contributed by atoms with Crippen LogP contribution < -0.4 is 11.3 Å². The van der Waals surface area contributed by atoms with Crippen molar-refractivity contribution in [2.45, 2.75) is 19.8 Å². The first-order chi connectivity index (χ1) is 6.60. The molecule has 0 bridgehead atoms. The molecule has 0 spiro atoms. The van der Waals surface area contributed by atoms with Gasteiger partial charge in [-0.15, -0.1) is 12.4 Å². The Labute approximate surface area is 110 Å². The fraction of sp³-hybridized carbons (Fsp3) is 0.300. The predicted octanol–water partition coefficient (Wildman–Crippen LogP) is 2.99. The van der Waals surface area contributed by atoms with Gasteiger partial charge in [0, 0.05) is 3.57 Å². The molecule has 15 heavy (non-hydrogen) atoms. The second kappa shape index (κ2) is 6.16. The molecule has 0 saturated carbocycles. The quantitative estimate of drug-likeness (QED) is 0.495. The molecule has 0 fully saturated rings. The van der Waals surface area contributed by atoms with E-state index in [-0.39, 0.29) is 12.4 Å². The number of anilines is 1. The van der Waals surface area contributed by atoms with Crippen molar-refractivity contribution in [3.05, 3.63) is 26.8 Å². The lowest BCUT2D eigenvalue weighted by Gasteiger charge is -2.13. The van der Waals surface area contributed by atoms with Gasteiger partial charge in [-0.25, -0.2) is 0 Å². The number of halogens is 2. The Bertz CT molecular complexity index is 385. The molecule has 0 saturated heterocycles. The molecule has 1 aromatic rings. The van der Waals surface area contributed by atoms with Gasteiger partial charge in [-0.1, -0.05) is 13.8 Å². The third-order valence-corrected chi connectivity index (χ3v) is 2.93. The highest BCUT2D eigenvalue weighted by molar-refractivity contribution is 14.1. The van der Waals surface area contributed by atoms with E-state index in [1.165, 1.54) is 0 Å². The van der Waals surface area contributed by atoms with E-state index in [4.69, 9.17) is 11.1 Å². The minimum atomic E-state index is 0. The largest absolute Gasteiger partial charge is 0.324 e. The smallest absolute Gasteiger partial charge is 0.100 e. The molecular weight excluding hydrogens is 324 g/mol. The summed E-state index contributed by atoms with van der Waals surface area (Å²) in [5, 5.41) is 8.84. The zero-order chi connectivity index (χ0) is 10.7. The predicted molar refractivity (Wildman–Crippen MR) is 73.0 cm³/mol. The maximum atomic E-state index is 8.84. The molecule has 0 aromatic heterocycles. The summed E-state index contributed by atoms with van der Waals surface area (Å²) in [5.74, 6) is 5.79. The molecule has 0 aliphatic heterocycles. The van der Waals surface area contributed by atoms with Crippen molar-refractivity contribution in [1.29, 1.82) is 5.26 Å². The Morgan fingerprint density at radius 2 is 2.07 bits per heavy atom. The first-order valence-corrected chi connectivity index (χ1v) is 5.38. The topological polar surface area (TPSA) is 61.8 Å². The highest BCUT2D eigenvalue weighted by Gasteiger charge is 2.09. The van der Waals surface area contributed by atoms with E-state index in [9.17, 15) is 0 Å². The van der Waals surface area contributed by atoms with Crippen LogP contribution >= 0.6 is 35.0 Å². The number of nitrogens with zero attached hydrogens (tertiary/aromatic N) is 1. The van der Waals surface area contributed by atoms with Crippen molar-refractivity contribution in [3.8, 4) is 6.07 Å². The molecule has 0 amide bonds. The lowest BCUT2D eigenvalue weighted by Crippen LogP contribution is -2.10. The van der Waals surface area contributed by atoms with E-state index in [1.807, 2.05) is 6.07 Å². The molecule has 0 unspecified atom stereocenters. The van der Waals surface area contributed by atoms with Crippen LogP contribution in [0, 0.1) is 14.9 Å². The van der Waals surface area contributed by atoms with Crippen molar-refractivity contribution < 1.29 is 0 Å². The Morgan fingerprint density at radius 1 is 1.47 bits per heavy atom. The minimum absolute atomic E-state index is 0. The third-order valence-electron chi connectivity index (χ3n) is 2.04. The van der Waals surface area contributed by atoms with E-state index in [1.54, 1.807) is 6.07 Å². The molecule has 1 rings (SSSR count). The second-order valence-electron chi connectivity index (χ2n) is 3.33. The number of nitrogen functional groups attached to an aromatic ring is 1. The van der Waals surface area contributed by atoms with Crippen molar-refractivity contribution >= 4 is 40.7 Å². The van der Waals surface area contributed by atoms with Crippen LogP contribution in [-0.4, -0.2) is 0 Å². The first kappa shape index (κ1) is 14.5. The molecule has 0 radical (unpaired) electrons. The van der Waals surface area contributed by atoms with Crippen molar-refractivity contribution in [2.24, 2.45) is 5.84 Å². The number of benzene rings is 1. The van der Waals surface area contributed by atoms with Gasteiger partial charge < -0.3 is 5.43 Å². The van der Waals surface area contributed by atoms with Crippen molar-refractivity contribution in [1.82, 2.24) is 0 Å². The number of nitriles is 1. The molecular formula is C10H13ClIN3. The first-order valence-electron chi connectivity index (χ1n) is 4.30. The van der Waals surface area contributed by atoms with Crippen LogP contribution in [0.4, 0.5) is 5.69 Å². The number of hydrogen-bond acceptors (Lipinski definition) is 3. The maximum absolute atomic E-state index is 8.84. The van der Waals surface area contributed by atoms with Gasteiger partial charge in [0.15, 0.2) is 0 Å². The summed E-state index contributed by atoms with van der Waals surface area (Å²) >= 11 is 2.16. The molecule has 5 heteroatoms. The van der Waals surface area contributed by atoms with Crippen molar-refractivity contribution in [3.63, 3.8) is 0 Å². The van der Waals surface area contributed by atoms with Crippen LogP contribution in [0.15, 0.2) is 12.1 Å². The standard InChI is InChI=1S/C10H12IN3.ClH/c1-6(2)8-4-9(11)7(5-12)3-10(8)14-13;/h3-4,6,14H,13H2,1-2H3;1H. The van der Waals surface area contributed by atoms with E-state index in [0.29, 0.717) is 11.5 Å². The molecule has 3 N–H and O–H groups in total. The highest BCUT2D eigenvalue weighted by Crippen LogP contribution is 2.27. The van der Waals surface area contributed by atoms with Gasteiger partial charge in [0.2, 0.25) is 0 Å². The lowest BCUT2D eigenvalue weighted by atomic mass is 10.00. The fourth-order valence-electron chi connectivity index (χ4n) is 1.28. The summed E-state index contributed by atoms with van der Waals surface area (Å²) in [6.45, 7) is 4.19. The normalized spacial score (nSPS) is 9.33. The molecule has 0 heterocycles. The Kier molecular flexibility index (Phi) is 5.95. The number of nitrogens with one attached hydrogen (secondary N) is 1. The van der Waals surface area contributed by atoms with E-state index < -0.39 is 0 Å². The average molecular weight is 338 g/mol. The molecule has 0 aliphatic carbocycles. The van der Waals surface area contributed by atoms with Crippen LogP contribution in [-0.2, 0) is 0 Å². The van der Waals surface area contributed by atoms with Gasteiger partial charge in [0.05, 0.1) is 11.3 Å². The fourth-order valence-corrected chi connectivity index (χ4v) is 1.89. The summed E-state index contributed by atoms with van der Waals surface area (Å²) in [4.78, 5) is 0. The zero-order valence-electron chi connectivity index (χ0n) is 8.54. The molecule has 1 aromatic carbocycles. The summed E-state index contributed by atoms with van der Waals surface area (Å²) in [6, 6.07) is 5.92. The van der Waals surface area contributed by atoms with E-state index in [0.717, 1.165) is 14.8 Å². The maximum Gasteiger partial charge on any atom is 0.100 e. The van der Waals surface area contributed by atoms with Gasteiger partial charge in [0.1, 0.15) is 6.07 Å². The summed E-state index contributed by atoms with van der Waals surface area (Å²) in [7, 11) is 0. The summed E-state index contributed by atoms with van der Waals surface area (Å²) < 4.78 is 0.966. The van der Waals surface area contributed by atoms with Gasteiger partial charge >= 0.3 is 0 Å². The molecule has 0 aliphatic rings. The van der Waals surface area contributed by atoms with Gasteiger partial charge in [-0.2, -0.15) is 5.26 Å². The lowest BCUT2D eigenvalue weighted by molar-refractivity contribution is 0.865. The molecule has 3 nitrogen and oxygen atoms in total. The van der Waals surface area contributed by atoms with Crippen LogP contribution in [0.25, 0.3) is 0 Å². The summed E-state index contributed by atoms with van der Waals surface area (Å²) in [5.41, 5.74) is 5.25. The molecule has 82 valence electrons. The number of hydrazine groups is 1. The van der Waals surface area contributed by atoms with Crippen LogP contribution in [0.3, 0.4) is 0 Å². The van der Waals surface area contributed by atoms with Crippen LogP contribution in [0.5, 0.6) is 0 Å². The van der Waals surface area contributed by atoms with Gasteiger partial charge in [-0.3, -0.25) is 5.84 Å². The third kappa shape index (κ3) is 3.23. The Morgan fingerprint density at radius 3 is 2.47 bits per heavy atom. The SMILES string of the molecule is CC(C)c1cc(I)c(C#N)cc1NN.Cl. The van der Waals surface area contributed by atoms with E-state index >= 15 is 0 Å². The summed E-state index contributed by atoms with van der Waals surface area (Å²) in [6.07, 6.45) is 0. The minimum Gasteiger partial charge on any atom is -0.324 e. The zero-order valence-corrected chi connectivity index (χ0v) is 11.5. The van der Waals surface area contributed by atoms with Crippen LogP contribution in [0.2, 0.25) is 0 Å². The van der Waals surface area contributed by atoms with Crippen LogP contribution in [0.1, 0.15) is 30.9 Å². The van der Waals surface area contributed by atoms with Gasteiger partial charge in [-0.05, 0) is 46.2 Å². The number of nitrogens with two attached hydrogens (primary N) is 1. The number of rotatable bonds is 2. The van der Waals surface area contributed by atoms with E-state index in [2.05, 4.69) is 47.9 Å². The molecule has 0 atom stereocenters. The number of hydrogen-bond donors (Lipinski definition) is 2. The highest BCUT2D eigenvalue weighted by atomic mass is 127. The van der Waals surface area contributed by atoms with Gasteiger partial charge in [0.25, 0.3) is 0 Å². The Balaban J connectivity index is 0.00000196. The monoisotopic (exact) mass is 337 g/mol. The Hall–Kier alpha value is -0.510. The average Bonchev–Trinajstić information content (AvgIpc) is 2.17. The second-order valence-corrected chi connectivity index (χ2v) is 4.49.